The minimum Gasteiger partial charge on any atom is -0.481 e. The van der Waals surface area contributed by atoms with Crippen LogP contribution in [0.3, 0.4) is 0 Å². The molecule has 136 valence electrons. The fourth-order valence-corrected chi connectivity index (χ4v) is 2.63. The van der Waals surface area contributed by atoms with Gasteiger partial charge in [0, 0.05) is 17.9 Å². The third-order valence-corrected chi connectivity index (χ3v) is 3.96. The zero-order valence-electron chi connectivity index (χ0n) is 14.5. The molecular weight excluding hydrogens is 332 g/mol. The largest absolute Gasteiger partial charge is 0.481 e. The standard InChI is InChI=1S/C11H12O2.C10H10O3/c12-11-7-10(8-13-11)6-9-4-2-1-3-5-9;11-9(6-7-10(12)13)8-4-2-1-3-5-8/h1-5,10H,6-8H2;1-5H,6-7H2,(H,12,13). The molecule has 0 aromatic heterocycles. The summed E-state index contributed by atoms with van der Waals surface area (Å²) in [5.41, 5.74) is 1.86. The summed E-state index contributed by atoms with van der Waals surface area (Å²) in [4.78, 5) is 32.3. The summed E-state index contributed by atoms with van der Waals surface area (Å²) in [6, 6.07) is 18.9. The van der Waals surface area contributed by atoms with E-state index >= 15 is 0 Å². The summed E-state index contributed by atoms with van der Waals surface area (Å²) < 4.78 is 4.90. The van der Waals surface area contributed by atoms with Gasteiger partial charge in [-0.15, -0.1) is 0 Å². The number of carbonyl (C=O) groups is 3. The predicted molar refractivity (Wildman–Crippen MR) is 96.9 cm³/mol. The van der Waals surface area contributed by atoms with Crippen LogP contribution in [0.5, 0.6) is 0 Å². The molecule has 0 amide bonds. The van der Waals surface area contributed by atoms with Crippen molar-refractivity contribution < 1.29 is 24.2 Å². The summed E-state index contributed by atoms with van der Waals surface area (Å²) in [5, 5.41) is 8.36. The number of rotatable bonds is 6. The molecule has 0 spiro atoms. The van der Waals surface area contributed by atoms with E-state index in [2.05, 4.69) is 12.1 Å². The topological polar surface area (TPSA) is 80.7 Å². The van der Waals surface area contributed by atoms with Gasteiger partial charge < -0.3 is 9.84 Å². The van der Waals surface area contributed by atoms with Crippen molar-refractivity contribution in [1.82, 2.24) is 0 Å². The quantitative estimate of drug-likeness (QED) is 0.634. The predicted octanol–water partition coefficient (Wildman–Crippen LogP) is 3.53. The zero-order chi connectivity index (χ0) is 18.8. The number of carbonyl (C=O) groups excluding carboxylic acids is 2. The number of carboxylic acids is 1. The Hall–Kier alpha value is -2.95. The number of hydrogen-bond donors (Lipinski definition) is 1. The lowest BCUT2D eigenvalue weighted by Gasteiger charge is -2.04. The number of ketones is 1. The number of esters is 1. The molecule has 0 bridgehead atoms. The Kier molecular flexibility index (Phi) is 7.55. The van der Waals surface area contributed by atoms with E-state index in [1.54, 1.807) is 24.3 Å². The molecular formula is C21H22O5. The van der Waals surface area contributed by atoms with E-state index in [1.165, 1.54) is 5.56 Å². The van der Waals surface area contributed by atoms with Crippen LogP contribution in [0.15, 0.2) is 60.7 Å². The molecule has 1 unspecified atom stereocenters. The average molecular weight is 354 g/mol. The van der Waals surface area contributed by atoms with E-state index in [9.17, 15) is 14.4 Å². The van der Waals surface area contributed by atoms with Crippen LogP contribution in [-0.4, -0.2) is 29.4 Å². The van der Waals surface area contributed by atoms with Crippen molar-refractivity contribution in [2.45, 2.75) is 25.7 Å². The smallest absolute Gasteiger partial charge is 0.306 e. The van der Waals surface area contributed by atoms with E-state index in [0.717, 1.165) is 6.42 Å². The van der Waals surface area contributed by atoms with E-state index in [4.69, 9.17) is 9.84 Å². The number of benzene rings is 2. The first-order chi connectivity index (χ1) is 12.5. The van der Waals surface area contributed by atoms with Gasteiger partial charge in [-0.1, -0.05) is 60.7 Å². The molecule has 5 nitrogen and oxygen atoms in total. The molecule has 1 aliphatic rings. The van der Waals surface area contributed by atoms with Crippen LogP contribution in [0.1, 0.15) is 35.2 Å². The lowest BCUT2D eigenvalue weighted by molar-refractivity contribution is -0.138. The summed E-state index contributed by atoms with van der Waals surface area (Å²) >= 11 is 0. The van der Waals surface area contributed by atoms with Gasteiger partial charge in [-0.05, 0) is 12.0 Å². The highest BCUT2D eigenvalue weighted by Crippen LogP contribution is 2.18. The van der Waals surface area contributed by atoms with Crippen molar-refractivity contribution in [1.29, 1.82) is 0 Å². The lowest BCUT2D eigenvalue weighted by Crippen LogP contribution is -2.03. The highest BCUT2D eigenvalue weighted by molar-refractivity contribution is 5.97. The van der Waals surface area contributed by atoms with Crippen molar-refractivity contribution in [3.05, 3.63) is 71.8 Å². The Morgan fingerprint density at radius 3 is 2.12 bits per heavy atom. The SMILES string of the molecule is O=C(O)CCC(=O)c1ccccc1.O=C1CC(Cc2ccccc2)CO1. The highest BCUT2D eigenvalue weighted by Gasteiger charge is 2.23. The molecule has 1 heterocycles. The maximum absolute atomic E-state index is 11.3. The third-order valence-electron chi connectivity index (χ3n) is 3.96. The van der Waals surface area contributed by atoms with Crippen LogP contribution in [0.25, 0.3) is 0 Å². The van der Waals surface area contributed by atoms with Gasteiger partial charge >= 0.3 is 11.9 Å². The number of cyclic esters (lactones) is 1. The summed E-state index contributed by atoms with van der Waals surface area (Å²) in [5.74, 6) is -0.733. The van der Waals surface area contributed by atoms with Crippen LogP contribution < -0.4 is 0 Å². The molecule has 0 saturated carbocycles. The molecule has 1 saturated heterocycles. The van der Waals surface area contributed by atoms with Crippen LogP contribution in [0.4, 0.5) is 0 Å². The van der Waals surface area contributed by atoms with E-state index in [-0.39, 0.29) is 24.6 Å². The molecule has 1 N–H and O–H groups in total. The first-order valence-corrected chi connectivity index (χ1v) is 8.54. The molecule has 0 aliphatic carbocycles. The Morgan fingerprint density at radius 1 is 0.962 bits per heavy atom. The van der Waals surface area contributed by atoms with Gasteiger partial charge in [-0.25, -0.2) is 0 Å². The van der Waals surface area contributed by atoms with Gasteiger partial charge in [0.2, 0.25) is 0 Å². The fraction of sp³-hybridized carbons (Fsp3) is 0.286. The van der Waals surface area contributed by atoms with Gasteiger partial charge in [0.05, 0.1) is 19.4 Å². The third kappa shape index (κ3) is 6.89. The first-order valence-electron chi connectivity index (χ1n) is 8.54. The minimum atomic E-state index is -0.940. The van der Waals surface area contributed by atoms with Crippen LogP contribution in [-0.2, 0) is 20.7 Å². The van der Waals surface area contributed by atoms with E-state index in [0.29, 0.717) is 24.5 Å². The van der Waals surface area contributed by atoms with E-state index in [1.807, 2.05) is 24.3 Å². The van der Waals surface area contributed by atoms with Crippen LogP contribution >= 0.6 is 0 Å². The Labute approximate surface area is 152 Å². The molecule has 1 atom stereocenters. The Morgan fingerprint density at radius 2 is 1.58 bits per heavy atom. The van der Waals surface area contributed by atoms with Crippen molar-refractivity contribution in [3.63, 3.8) is 0 Å². The minimum absolute atomic E-state index is 0.0547. The van der Waals surface area contributed by atoms with Gasteiger partial charge in [-0.3, -0.25) is 14.4 Å². The summed E-state index contributed by atoms with van der Waals surface area (Å²) in [6.07, 6.45) is 1.49. The second kappa shape index (κ2) is 10.1. The number of ether oxygens (including phenoxy) is 1. The first kappa shape index (κ1) is 19.4. The molecule has 2 aromatic carbocycles. The molecule has 26 heavy (non-hydrogen) atoms. The maximum atomic E-state index is 11.3. The number of carboxylic acid groups (broad SMARTS) is 1. The van der Waals surface area contributed by atoms with Crippen molar-refractivity contribution in [2.24, 2.45) is 5.92 Å². The Bertz CT molecular complexity index is 725. The number of hydrogen-bond acceptors (Lipinski definition) is 4. The average Bonchev–Trinajstić information content (AvgIpc) is 3.06. The molecule has 0 radical (unpaired) electrons. The van der Waals surface area contributed by atoms with Gasteiger partial charge in [0.15, 0.2) is 5.78 Å². The zero-order valence-corrected chi connectivity index (χ0v) is 14.5. The molecule has 1 fully saturated rings. The van der Waals surface area contributed by atoms with Gasteiger partial charge in [-0.2, -0.15) is 0 Å². The number of aliphatic carboxylic acids is 1. The van der Waals surface area contributed by atoms with Gasteiger partial charge in [0.25, 0.3) is 0 Å². The molecule has 2 aromatic rings. The normalized spacial score (nSPS) is 15.5. The monoisotopic (exact) mass is 354 g/mol. The maximum Gasteiger partial charge on any atom is 0.306 e. The number of Topliss-reactive ketones (excluding diaryl/α,β-unsaturated/α-hetero) is 1. The Balaban J connectivity index is 0.000000187. The van der Waals surface area contributed by atoms with Crippen LogP contribution in [0.2, 0.25) is 0 Å². The van der Waals surface area contributed by atoms with E-state index < -0.39 is 5.97 Å². The van der Waals surface area contributed by atoms with Gasteiger partial charge in [0.1, 0.15) is 0 Å². The van der Waals surface area contributed by atoms with Crippen molar-refractivity contribution >= 4 is 17.7 Å². The van der Waals surface area contributed by atoms with Crippen LogP contribution in [0, 0.1) is 5.92 Å². The molecule has 5 heteroatoms. The second-order valence-electron chi connectivity index (χ2n) is 6.13. The molecule has 1 aliphatic heterocycles. The van der Waals surface area contributed by atoms with Crippen molar-refractivity contribution in [3.8, 4) is 0 Å². The highest BCUT2D eigenvalue weighted by atomic mass is 16.5. The fourth-order valence-electron chi connectivity index (χ4n) is 2.63. The lowest BCUT2D eigenvalue weighted by atomic mass is 9.99. The summed E-state index contributed by atoms with van der Waals surface area (Å²) in [6.45, 7) is 0.591. The second-order valence-corrected chi connectivity index (χ2v) is 6.13. The molecule has 3 rings (SSSR count). The van der Waals surface area contributed by atoms with Crippen molar-refractivity contribution in [2.75, 3.05) is 6.61 Å². The summed E-state index contributed by atoms with van der Waals surface area (Å²) in [7, 11) is 0.